The number of rotatable bonds is 9. The van der Waals surface area contributed by atoms with Gasteiger partial charge in [0.25, 0.3) is 0 Å². The van der Waals surface area contributed by atoms with Gasteiger partial charge in [0, 0.05) is 43.5 Å². The Morgan fingerprint density at radius 3 is 2.62 bits per heavy atom. The molecule has 3 heterocycles. The van der Waals surface area contributed by atoms with E-state index in [0.29, 0.717) is 72.0 Å². The SMILES string of the molecule is CCS(=O)(=O)N1CCC(Nc2ncc(C#N)c(-c3cnn(-c4ccc(CN[C@H]5C[C@@](C)(O)C5)cc4Cl)c3)n2)CC1. The fraction of sp³-hybridized carbons (Fsp3) is 0.481. The minimum atomic E-state index is -3.20. The molecule has 2 aliphatic rings. The minimum Gasteiger partial charge on any atom is -0.390 e. The summed E-state index contributed by atoms with van der Waals surface area (Å²) in [6.07, 6.45) is 7.65. The quantitative estimate of drug-likeness (QED) is 0.345. The Morgan fingerprint density at radius 2 is 1.98 bits per heavy atom. The van der Waals surface area contributed by atoms with Gasteiger partial charge in [-0.15, -0.1) is 0 Å². The Hall–Kier alpha value is -3.08. The zero-order valence-corrected chi connectivity index (χ0v) is 24.1. The van der Waals surface area contributed by atoms with Crippen LogP contribution >= 0.6 is 11.6 Å². The van der Waals surface area contributed by atoms with Gasteiger partial charge in [-0.25, -0.2) is 27.4 Å². The van der Waals surface area contributed by atoms with E-state index in [1.807, 2.05) is 25.1 Å². The molecule has 0 radical (unpaired) electrons. The summed E-state index contributed by atoms with van der Waals surface area (Å²) in [7, 11) is -3.20. The summed E-state index contributed by atoms with van der Waals surface area (Å²) in [5.74, 6) is 0.472. The summed E-state index contributed by atoms with van der Waals surface area (Å²) < 4.78 is 27.5. The summed E-state index contributed by atoms with van der Waals surface area (Å²) in [4.78, 5) is 8.92. The summed E-state index contributed by atoms with van der Waals surface area (Å²) in [6, 6.07) is 8.25. The van der Waals surface area contributed by atoms with E-state index >= 15 is 0 Å². The Labute approximate surface area is 239 Å². The molecule has 40 heavy (non-hydrogen) atoms. The largest absolute Gasteiger partial charge is 0.390 e. The molecule has 1 saturated heterocycles. The number of nitriles is 1. The Bertz CT molecular complexity index is 1520. The normalized spacial score (nSPS) is 22.0. The Balaban J connectivity index is 1.27. The van der Waals surface area contributed by atoms with E-state index in [-0.39, 0.29) is 11.8 Å². The van der Waals surface area contributed by atoms with Gasteiger partial charge in [0.2, 0.25) is 16.0 Å². The summed E-state index contributed by atoms with van der Waals surface area (Å²) in [5.41, 5.74) is 2.57. The van der Waals surface area contributed by atoms with E-state index in [1.54, 1.807) is 24.0 Å². The lowest BCUT2D eigenvalue weighted by molar-refractivity contribution is -0.0393. The summed E-state index contributed by atoms with van der Waals surface area (Å²) in [6.45, 7) is 5.05. The molecule has 1 aliphatic heterocycles. The molecule has 212 valence electrons. The highest BCUT2D eigenvalue weighted by Crippen LogP contribution is 2.32. The Morgan fingerprint density at radius 1 is 1.23 bits per heavy atom. The molecule has 3 N–H and O–H groups in total. The van der Waals surface area contributed by atoms with Crippen molar-refractivity contribution in [2.45, 2.75) is 63.8 Å². The highest BCUT2D eigenvalue weighted by molar-refractivity contribution is 7.89. The first-order valence-corrected chi connectivity index (χ1v) is 15.4. The molecule has 2 aromatic heterocycles. The van der Waals surface area contributed by atoms with Crippen LogP contribution in [0.5, 0.6) is 0 Å². The number of sulfonamides is 1. The molecule has 1 aromatic carbocycles. The molecule has 0 spiro atoms. The number of hydrogen-bond acceptors (Lipinski definition) is 9. The molecule has 1 saturated carbocycles. The van der Waals surface area contributed by atoms with Gasteiger partial charge in [0.15, 0.2) is 0 Å². The van der Waals surface area contributed by atoms with Crippen molar-refractivity contribution in [3.8, 4) is 23.0 Å². The second-order valence-electron chi connectivity index (χ2n) is 10.7. The lowest BCUT2D eigenvalue weighted by Gasteiger charge is -2.41. The van der Waals surface area contributed by atoms with Crippen LogP contribution in [0.3, 0.4) is 0 Å². The number of aromatic nitrogens is 4. The van der Waals surface area contributed by atoms with E-state index in [1.165, 1.54) is 10.5 Å². The van der Waals surface area contributed by atoms with E-state index < -0.39 is 15.6 Å². The van der Waals surface area contributed by atoms with Crippen LogP contribution in [-0.2, 0) is 16.6 Å². The standard InChI is InChI=1S/C27H33ClN8O3S/c1-3-40(38,39)35-8-6-21(7-9-35)33-26-31-15-19(13-29)25(34-26)20-16-32-36(17-20)24-5-4-18(10-23(24)28)14-30-22-11-27(2,37)12-22/h4-5,10,15-17,21-22,30,37H,3,6-9,11-12,14H2,1-2H3,(H,31,33,34)/t22-,27+. The molecule has 13 heteroatoms. The smallest absolute Gasteiger partial charge is 0.223 e. The third kappa shape index (κ3) is 6.29. The zero-order chi connectivity index (χ0) is 28.5. The maximum absolute atomic E-state index is 12.1. The number of aliphatic hydroxyl groups is 1. The molecule has 0 amide bonds. The van der Waals surface area contributed by atoms with Gasteiger partial charge >= 0.3 is 0 Å². The predicted octanol–water partition coefficient (Wildman–Crippen LogP) is 3.08. The zero-order valence-electron chi connectivity index (χ0n) is 22.5. The lowest BCUT2D eigenvalue weighted by Crippen LogP contribution is -2.51. The fourth-order valence-electron chi connectivity index (χ4n) is 5.23. The van der Waals surface area contributed by atoms with Gasteiger partial charge in [-0.1, -0.05) is 17.7 Å². The van der Waals surface area contributed by atoms with E-state index in [9.17, 15) is 18.8 Å². The monoisotopic (exact) mass is 584 g/mol. The van der Waals surface area contributed by atoms with Crippen LogP contribution in [0.1, 0.15) is 50.7 Å². The molecule has 0 bridgehead atoms. The van der Waals surface area contributed by atoms with Crippen LogP contribution in [0.15, 0.2) is 36.8 Å². The second kappa shape index (κ2) is 11.4. The van der Waals surface area contributed by atoms with Crippen LogP contribution in [0.25, 0.3) is 16.9 Å². The highest BCUT2D eigenvalue weighted by Gasteiger charge is 2.37. The molecular weight excluding hydrogens is 552 g/mol. The van der Waals surface area contributed by atoms with Gasteiger partial charge < -0.3 is 15.7 Å². The maximum Gasteiger partial charge on any atom is 0.223 e. The van der Waals surface area contributed by atoms with Crippen LogP contribution in [-0.4, -0.2) is 74.1 Å². The van der Waals surface area contributed by atoms with Gasteiger partial charge in [0.05, 0.1) is 45.7 Å². The summed E-state index contributed by atoms with van der Waals surface area (Å²) >= 11 is 6.61. The molecule has 1 aliphatic carbocycles. The van der Waals surface area contributed by atoms with Gasteiger partial charge in [-0.2, -0.15) is 10.4 Å². The molecule has 11 nitrogen and oxygen atoms in total. The summed E-state index contributed by atoms with van der Waals surface area (Å²) in [5, 5.41) is 31.3. The molecule has 3 aromatic rings. The van der Waals surface area contributed by atoms with Crippen molar-refractivity contribution in [2.75, 3.05) is 24.2 Å². The van der Waals surface area contributed by atoms with Crippen molar-refractivity contribution in [3.05, 3.63) is 52.9 Å². The first-order valence-electron chi connectivity index (χ1n) is 13.4. The third-order valence-corrected chi connectivity index (χ3v) is 9.72. The third-order valence-electron chi connectivity index (χ3n) is 7.54. The number of anilines is 1. The van der Waals surface area contributed by atoms with Gasteiger partial charge in [0.1, 0.15) is 6.07 Å². The number of nitrogens with one attached hydrogen (secondary N) is 2. The van der Waals surface area contributed by atoms with Crippen molar-refractivity contribution in [3.63, 3.8) is 0 Å². The van der Waals surface area contributed by atoms with Crippen molar-refractivity contribution >= 4 is 27.6 Å². The molecule has 0 unspecified atom stereocenters. The fourth-order valence-corrected chi connectivity index (χ4v) is 6.65. The van der Waals surface area contributed by atoms with Crippen molar-refractivity contribution in [2.24, 2.45) is 0 Å². The lowest BCUT2D eigenvalue weighted by atomic mass is 9.77. The first kappa shape index (κ1) is 28.4. The van der Waals surface area contributed by atoms with Crippen LogP contribution < -0.4 is 10.6 Å². The average molecular weight is 585 g/mol. The van der Waals surface area contributed by atoms with Crippen LogP contribution in [0, 0.1) is 11.3 Å². The van der Waals surface area contributed by atoms with Gasteiger partial charge in [-0.05, 0) is 57.2 Å². The van der Waals surface area contributed by atoms with Crippen LogP contribution in [0.4, 0.5) is 5.95 Å². The second-order valence-corrected chi connectivity index (χ2v) is 13.4. The number of hydrogen-bond donors (Lipinski definition) is 3. The van der Waals surface area contributed by atoms with E-state index in [0.717, 1.165) is 18.4 Å². The van der Waals surface area contributed by atoms with Crippen molar-refractivity contribution < 1.29 is 13.5 Å². The van der Waals surface area contributed by atoms with E-state index in [2.05, 4.69) is 31.8 Å². The maximum atomic E-state index is 12.1. The molecule has 2 fully saturated rings. The van der Waals surface area contributed by atoms with Gasteiger partial charge in [-0.3, -0.25) is 0 Å². The predicted molar refractivity (Wildman–Crippen MR) is 152 cm³/mol. The average Bonchev–Trinajstić information content (AvgIpc) is 3.41. The van der Waals surface area contributed by atoms with E-state index in [4.69, 9.17) is 11.6 Å². The highest BCUT2D eigenvalue weighted by atomic mass is 35.5. The molecule has 5 rings (SSSR count). The number of nitrogens with zero attached hydrogens (tertiary/aromatic N) is 6. The Kier molecular flexibility index (Phi) is 8.13. The minimum absolute atomic E-state index is 0.0241. The number of halogens is 1. The topological polar surface area (TPSA) is 149 Å². The first-order chi connectivity index (χ1) is 19.1. The van der Waals surface area contributed by atoms with Crippen molar-refractivity contribution in [1.29, 1.82) is 5.26 Å². The number of piperidine rings is 1. The van der Waals surface area contributed by atoms with Crippen molar-refractivity contribution in [1.82, 2.24) is 29.4 Å². The molecular formula is C27H33ClN8O3S. The van der Waals surface area contributed by atoms with Crippen LogP contribution in [0.2, 0.25) is 5.02 Å². The molecule has 0 atom stereocenters. The number of benzene rings is 1.